The van der Waals surface area contributed by atoms with Crippen LogP contribution in [-0.2, 0) is 4.79 Å². The summed E-state index contributed by atoms with van der Waals surface area (Å²) < 4.78 is 0. The topological polar surface area (TPSA) is 79.3 Å². The van der Waals surface area contributed by atoms with Crippen LogP contribution >= 0.6 is 0 Å². The van der Waals surface area contributed by atoms with Gasteiger partial charge in [0.1, 0.15) is 5.69 Å². The Bertz CT molecular complexity index is 479. The molecule has 1 fully saturated rings. The van der Waals surface area contributed by atoms with Crippen molar-refractivity contribution in [3.8, 4) is 0 Å². The molecule has 0 radical (unpaired) electrons. The Hall–Kier alpha value is -1.91. The van der Waals surface area contributed by atoms with Crippen LogP contribution in [0.2, 0.25) is 0 Å². The number of nitrogens with one attached hydrogen (secondary N) is 1. The van der Waals surface area contributed by atoms with Crippen LogP contribution in [0.25, 0.3) is 0 Å². The van der Waals surface area contributed by atoms with Crippen molar-refractivity contribution in [2.24, 2.45) is 5.92 Å². The van der Waals surface area contributed by atoms with Crippen LogP contribution in [0.3, 0.4) is 0 Å². The number of aryl methyl sites for hydroxylation is 1. The average molecular weight is 262 g/mol. The highest BCUT2D eigenvalue weighted by Crippen LogP contribution is 2.24. The van der Waals surface area contributed by atoms with E-state index in [2.05, 4.69) is 10.3 Å². The molecule has 1 amide bonds. The number of hydrogen-bond donors (Lipinski definition) is 2. The smallest absolute Gasteiger partial charge is 0.306 e. The molecule has 5 heteroatoms. The molecule has 0 bridgehead atoms. The maximum atomic E-state index is 12.0. The number of amides is 1. The largest absolute Gasteiger partial charge is 0.481 e. The molecule has 0 aromatic carbocycles. The van der Waals surface area contributed by atoms with E-state index in [0.717, 1.165) is 5.69 Å². The molecule has 0 saturated heterocycles. The molecule has 2 N–H and O–H groups in total. The second-order valence-corrected chi connectivity index (χ2v) is 5.02. The molecule has 1 aliphatic carbocycles. The van der Waals surface area contributed by atoms with Gasteiger partial charge >= 0.3 is 5.97 Å². The molecule has 5 nitrogen and oxygen atoms in total. The van der Waals surface area contributed by atoms with Crippen LogP contribution in [0, 0.1) is 12.8 Å². The highest BCUT2D eigenvalue weighted by molar-refractivity contribution is 5.92. The first kappa shape index (κ1) is 13.5. The predicted molar refractivity (Wildman–Crippen MR) is 69.8 cm³/mol. The van der Waals surface area contributed by atoms with Crippen molar-refractivity contribution in [2.75, 3.05) is 0 Å². The predicted octanol–water partition coefficient (Wildman–Crippen LogP) is 1.76. The van der Waals surface area contributed by atoms with E-state index < -0.39 is 5.97 Å². The van der Waals surface area contributed by atoms with E-state index in [1.807, 2.05) is 13.0 Å². The molecule has 0 aliphatic heterocycles. The van der Waals surface area contributed by atoms with Gasteiger partial charge in [-0.1, -0.05) is 6.07 Å². The van der Waals surface area contributed by atoms with Crippen LogP contribution in [0.5, 0.6) is 0 Å². The Morgan fingerprint density at radius 2 is 1.95 bits per heavy atom. The van der Waals surface area contributed by atoms with Gasteiger partial charge in [-0.2, -0.15) is 0 Å². The van der Waals surface area contributed by atoms with Crippen LogP contribution in [0.15, 0.2) is 18.2 Å². The number of carbonyl (C=O) groups excluding carboxylic acids is 1. The zero-order chi connectivity index (χ0) is 13.8. The Balaban J connectivity index is 1.89. The zero-order valence-corrected chi connectivity index (χ0v) is 10.9. The van der Waals surface area contributed by atoms with Gasteiger partial charge in [0.15, 0.2) is 0 Å². The quantitative estimate of drug-likeness (QED) is 0.870. The second kappa shape index (κ2) is 5.82. The molecule has 0 spiro atoms. The fourth-order valence-corrected chi connectivity index (χ4v) is 2.41. The van der Waals surface area contributed by atoms with E-state index in [9.17, 15) is 9.59 Å². The summed E-state index contributed by atoms with van der Waals surface area (Å²) in [5.41, 5.74) is 1.22. The van der Waals surface area contributed by atoms with Crippen molar-refractivity contribution < 1.29 is 14.7 Å². The summed E-state index contributed by atoms with van der Waals surface area (Å²) in [6.07, 6.45) is 2.69. The van der Waals surface area contributed by atoms with Gasteiger partial charge in [-0.15, -0.1) is 0 Å². The molecule has 1 aromatic rings. The maximum Gasteiger partial charge on any atom is 0.306 e. The van der Waals surface area contributed by atoms with Gasteiger partial charge in [-0.05, 0) is 44.7 Å². The lowest BCUT2D eigenvalue weighted by Gasteiger charge is -2.26. The van der Waals surface area contributed by atoms with Crippen molar-refractivity contribution >= 4 is 11.9 Å². The van der Waals surface area contributed by atoms with Gasteiger partial charge in [0.05, 0.1) is 5.92 Å². The van der Waals surface area contributed by atoms with Crippen LogP contribution < -0.4 is 5.32 Å². The molecule has 1 aromatic heterocycles. The van der Waals surface area contributed by atoms with Gasteiger partial charge < -0.3 is 10.4 Å². The molecule has 1 aliphatic rings. The fourth-order valence-electron chi connectivity index (χ4n) is 2.41. The van der Waals surface area contributed by atoms with E-state index >= 15 is 0 Å². The van der Waals surface area contributed by atoms with Crippen molar-refractivity contribution in [3.63, 3.8) is 0 Å². The highest BCUT2D eigenvalue weighted by Gasteiger charge is 2.26. The van der Waals surface area contributed by atoms with Crippen LogP contribution in [-0.4, -0.2) is 28.0 Å². The Morgan fingerprint density at radius 3 is 2.53 bits per heavy atom. The van der Waals surface area contributed by atoms with Crippen molar-refractivity contribution in [2.45, 2.75) is 38.6 Å². The molecular weight excluding hydrogens is 244 g/mol. The minimum absolute atomic E-state index is 0.0606. The first-order valence-electron chi connectivity index (χ1n) is 6.53. The van der Waals surface area contributed by atoms with Gasteiger partial charge in [-0.3, -0.25) is 9.59 Å². The van der Waals surface area contributed by atoms with Crippen molar-refractivity contribution in [1.82, 2.24) is 10.3 Å². The second-order valence-electron chi connectivity index (χ2n) is 5.02. The van der Waals surface area contributed by atoms with E-state index in [0.29, 0.717) is 31.4 Å². The lowest BCUT2D eigenvalue weighted by atomic mass is 9.86. The van der Waals surface area contributed by atoms with Crippen LogP contribution in [0.1, 0.15) is 41.9 Å². The summed E-state index contributed by atoms with van der Waals surface area (Å²) in [6.45, 7) is 1.84. The standard InChI is InChI=1S/C14H18N2O3/c1-9-3-2-4-12(15-9)13(17)16-11-7-5-10(6-8-11)14(18)19/h2-4,10-11H,5-8H2,1H3,(H,16,17)(H,18,19). The zero-order valence-electron chi connectivity index (χ0n) is 10.9. The Labute approximate surface area is 112 Å². The lowest BCUT2D eigenvalue weighted by molar-refractivity contribution is -0.142. The van der Waals surface area contributed by atoms with E-state index in [1.165, 1.54) is 0 Å². The van der Waals surface area contributed by atoms with Gasteiger partial charge in [-0.25, -0.2) is 4.98 Å². The minimum atomic E-state index is -0.731. The van der Waals surface area contributed by atoms with Crippen molar-refractivity contribution in [3.05, 3.63) is 29.6 Å². The summed E-state index contributed by atoms with van der Waals surface area (Å²) in [5, 5.41) is 11.8. The number of hydrogen-bond acceptors (Lipinski definition) is 3. The lowest BCUT2D eigenvalue weighted by Crippen LogP contribution is -2.39. The van der Waals surface area contributed by atoms with E-state index in [1.54, 1.807) is 12.1 Å². The highest BCUT2D eigenvalue weighted by atomic mass is 16.4. The number of aliphatic carboxylic acids is 1. The summed E-state index contributed by atoms with van der Waals surface area (Å²) >= 11 is 0. The molecule has 1 saturated carbocycles. The fraction of sp³-hybridized carbons (Fsp3) is 0.500. The molecule has 2 rings (SSSR count). The molecular formula is C14H18N2O3. The molecule has 0 unspecified atom stereocenters. The number of aromatic nitrogens is 1. The maximum absolute atomic E-state index is 12.0. The average Bonchev–Trinajstić information content (AvgIpc) is 2.39. The third-order valence-electron chi connectivity index (χ3n) is 3.53. The molecule has 0 atom stereocenters. The first-order chi connectivity index (χ1) is 9.06. The third-order valence-corrected chi connectivity index (χ3v) is 3.53. The van der Waals surface area contributed by atoms with Gasteiger partial charge in [0.2, 0.25) is 0 Å². The SMILES string of the molecule is Cc1cccc(C(=O)NC2CCC(C(=O)O)CC2)n1. The normalized spacial score (nSPS) is 22.8. The third kappa shape index (κ3) is 3.53. The number of rotatable bonds is 3. The number of carboxylic acids is 1. The summed E-state index contributed by atoms with van der Waals surface area (Å²) in [6, 6.07) is 5.39. The number of carbonyl (C=O) groups is 2. The summed E-state index contributed by atoms with van der Waals surface area (Å²) in [7, 11) is 0. The Kier molecular flexibility index (Phi) is 4.14. The van der Waals surface area contributed by atoms with Crippen molar-refractivity contribution in [1.29, 1.82) is 0 Å². The number of pyridine rings is 1. The minimum Gasteiger partial charge on any atom is -0.481 e. The monoisotopic (exact) mass is 262 g/mol. The van der Waals surface area contributed by atoms with E-state index in [4.69, 9.17) is 5.11 Å². The Morgan fingerprint density at radius 1 is 1.26 bits per heavy atom. The first-order valence-corrected chi connectivity index (χ1v) is 6.53. The summed E-state index contributed by atoms with van der Waals surface area (Å²) in [5.74, 6) is -1.17. The molecule has 102 valence electrons. The number of carboxylic acid groups (broad SMARTS) is 1. The van der Waals surface area contributed by atoms with Gasteiger partial charge in [0, 0.05) is 11.7 Å². The molecule has 19 heavy (non-hydrogen) atoms. The molecule has 1 heterocycles. The van der Waals surface area contributed by atoms with Gasteiger partial charge in [0.25, 0.3) is 5.91 Å². The summed E-state index contributed by atoms with van der Waals surface area (Å²) in [4.78, 5) is 27.0. The number of nitrogens with zero attached hydrogens (tertiary/aromatic N) is 1. The van der Waals surface area contributed by atoms with Crippen LogP contribution in [0.4, 0.5) is 0 Å². The van der Waals surface area contributed by atoms with E-state index in [-0.39, 0.29) is 17.9 Å².